The molecule has 2 unspecified atom stereocenters. The van der Waals surface area contributed by atoms with E-state index in [0.29, 0.717) is 5.25 Å². The van der Waals surface area contributed by atoms with Crippen LogP contribution in [-0.4, -0.2) is 52.4 Å². The molecule has 0 spiro atoms. The minimum Gasteiger partial charge on any atom is -0.480 e. The van der Waals surface area contributed by atoms with Crippen LogP contribution in [0.15, 0.2) is 0 Å². The molecule has 0 radical (unpaired) electrons. The Morgan fingerprint density at radius 1 is 1.39 bits per heavy atom. The first-order valence-electron chi connectivity index (χ1n) is 6.02. The Kier molecular flexibility index (Phi) is 6.28. The van der Waals surface area contributed by atoms with Gasteiger partial charge in [-0.2, -0.15) is 11.8 Å². The first-order chi connectivity index (χ1) is 8.58. The van der Waals surface area contributed by atoms with E-state index in [0.717, 1.165) is 19.3 Å². The number of carbonyl (C=O) groups excluding carboxylic acids is 1. The number of nitrogens with one attached hydrogen (secondary N) is 2. The maximum Gasteiger partial charge on any atom is 0.328 e. The summed E-state index contributed by atoms with van der Waals surface area (Å²) >= 11 is 1.72. The SMILES string of the molecule is CSC1CCCCC1NC(=O)N[C@H](CO)C(=O)O. The van der Waals surface area contributed by atoms with Gasteiger partial charge in [-0.05, 0) is 19.1 Å². The van der Waals surface area contributed by atoms with E-state index in [9.17, 15) is 9.59 Å². The Bertz CT molecular complexity index is 301. The third kappa shape index (κ3) is 4.38. The predicted octanol–water partition coefficient (Wildman–Crippen LogP) is 0.405. The molecule has 0 aliphatic heterocycles. The van der Waals surface area contributed by atoms with Crippen LogP contribution in [0.1, 0.15) is 25.7 Å². The number of carbonyl (C=O) groups is 2. The third-order valence-electron chi connectivity index (χ3n) is 3.11. The number of amides is 2. The quantitative estimate of drug-likeness (QED) is 0.583. The van der Waals surface area contributed by atoms with E-state index in [1.54, 1.807) is 11.8 Å². The highest BCUT2D eigenvalue weighted by atomic mass is 32.2. The predicted molar refractivity (Wildman–Crippen MR) is 69.7 cm³/mol. The normalized spacial score (nSPS) is 25.2. The largest absolute Gasteiger partial charge is 0.480 e. The zero-order valence-corrected chi connectivity index (χ0v) is 11.2. The van der Waals surface area contributed by atoms with Crippen molar-refractivity contribution in [3.05, 3.63) is 0 Å². The van der Waals surface area contributed by atoms with Crippen LogP contribution in [0.4, 0.5) is 4.79 Å². The number of rotatable bonds is 5. The van der Waals surface area contributed by atoms with Crippen LogP contribution < -0.4 is 10.6 Å². The topological polar surface area (TPSA) is 98.7 Å². The van der Waals surface area contributed by atoms with Crippen LogP contribution in [-0.2, 0) is 4.79 Å². The molecule has 0 saturated heterocycles. The zero-order chi connectivity index (χ0) is 13.5. The highest BCUT2D eigenvalue weighted by Gasteiger charge is 2.27. The summed E-state index contributed by atoms with van der Waals surface area (Å²) < 4.78 is 0. The molecule has 6 nitrogen and oxygen atoms in total. The lowest BCUT2D eigenvalue weighted by atomic mass is 9.95. The van der Waals surface area contributed by atoms with Gasteiger partial charge in [0.05, 0.1) is 6.61 Å². The van der Waals surface area contributed by atoms with Crippen molar-refractivity contribution in [2.24, 2.45) is 0 Å². The number of thioether (sulfide) groups is 1. The highest BCUT2D eigenvalue weighted by molar-refractivity contribution is 7.99. The van der Waals surface area contributed by atoms with E-state index in [4.69, 9.17) is 10.2 Å². The van der Waals surface area contributed by atoms with Crippen molar-refractivity contribution >= 4 is 23.8 Å². The van der Waals surface area contributed by atoms with Gasteiger partial charge in [0.2, 0.25) is 0 Å². The molecular weight excluding hydrogens is 256 g/mol. The average Bonchev–Trinajstić information content (AvgIpc) is 2.36. The van der Waals surface area contributed by atoms with Crippen molar-refractivity contribution in [3.63, 3.8) is 0 Å². The molecule has 1 saturated carbocycles. The van der Waals surface area contributed by atoms with Gasteiger partial charge in [-0.15, -0.1) is 0 Å². The maximum absolute atomic E-state index is 11.6. The molecule has 1 aliphatic carbocycles. The van der Waals surface area contributed by atoms with Gasteiger partial charge in [0.15, 0.2) is 6.04 Å². The summed E-state index contributed by atoms with van der Waals surface area (Å²) in [5.74, 6) is -1.24. The van der Waals surface area contributed by atoms with Gasteiger partial charge in [-0.25, -0.2) is 9.59 Å². The molecule has 1 rings (SSSR count). The standard InChI is InChI=1S/C11H20N2O4S/c1-18-9-5-3-2-4-7(9)12-11(17)13-8(6-14)10(15)16/h7-9,14H,2-6H2,1H3,(H,15,16)(H2,12,13,17)/t7?,8-,9?/m1/s1. The lowest BCUT2D eigenvalue weighted by Crippen LogP contribution is -2.53. The fourth-order valence-corrected chi connectivity index (χ4v) is 3.03. The Morgan fingerprint density at radius 2 is 2.06 bits per heavy atom. The number of aliphatic carboxylic acids is 1. The molecule has 0 bridgehead atoms. The van der Waals surface area contributed by atoms with E-state index >= 15 is 0 Å². The molecule has 1 aliphatic rings. The van der Waals surface area contributed by atoms with Crippen molar-refractivity contribution in [1.82, 2.24) is 10.6 Å². The second-order valence-electron chi connectivity index (χ2n) is 4.36. The number of hydrogen-bond acceptors (Lipinski definition) is 4. The minimum absolute atomic E-state index is 0.0712. The second kappa shape index (κ2) is 7.48. The number of aliphatic hydroxyl groups excluding tert-OH is 1. The van der Waals surface area contributed by atoms with Crippen molar-refractivity contribution < 1.29 is 19.8 Å². The van der Waals surface area contributed by atoms with Crippen LogP contribution in [0.3, 0.4) is 0 Å². The first-order valence-corrected chi connectivity index (χ1v) is 7.30. The monoisotopic (exact) mass is 276 g/mol. The lowest BCUT2D eigenvalue weighted by Gasteiger charge is -2.31. The molecular formula is C11H20N2O4S. The Morgan fingerprint density at radius 3 is 2.61 bits per heavy atom. The Labute approximate surface area is 111 Å². The fourth-order valence-electron chi connectivity index (χ4n) is 2.10. The molecule has 0 aromatic heterocycles. The van der Waals surface area contributed by atoms with Crippen molar-refractivity contribution in [3.8, 4) is 0 Å². The summed E-state index contributed by atoms with van der Waals surface area (Å²) in [5, 5.41) is 23.0. The van der Waals surface area contributed by atoms with Crippen LogP contribution in [0.5, 0.6) is 0 Å². The van der Waals surface area contributed by atoms with Gasteiger partial charge in [0.25, 0.3) is 0 Å². The fraction of sp³-hybridized carbons (Fsp3) is 0.818. The van der Waals surface area contributed by atoms with Crippen LogP contribution >= 0.6 is 11.8 Å². The molecule has 7 heteroatoms. The summed E-state index contributed by atoms with van der Waals surface area (Å²) in [7, 11) is 0. The highest BCUT2D eigenvalue weighted by Crippen LogP contribution is 2.26. The van der Waals surface area contributed by atoms with Gasteiger partial charge in [-0.1, -0.05) is 12.8 Å². The third-order valence-corrected chi connectivity index (χ3v) is 4.28. The van der Waals surface area contributed by atoms with Crippen LogP contribution in [0.2, 0.25) is 0 Å². The summed E-state index contributed by atoms with van der Waals surface area (Å²) in [4.78, 5) is 22.3. The van der Waals surface area contributed by atoms with Crippen LogP contribution in [0, 0.1) is 0 Å². The van der Waals surface area contributed by atoms with Crippen molar-refractivity contribution in [2.75, 3.05) is 12.9 Å². The van der Waals surface area contributed by atoms with Gasteiger partial charge in [-0.3, -0.25) is 0 Å². The molecule has 0 aromatic carbocycles. The van der Waals surface area contributed by atoms with E-state index < -0.39 is 24.6 Å². The van der Waals surface area contributed by atoms with E-state index in [2.05, 4.69) is 10.6 Å². The van der Waals surface area contributed by atoms with Gasteiger partial charge < -0.3 is 20.8 Å². The number of carboxylic acids is 1. The molecule has 0 aromatic rings. The lowest BCUT2D eigenvalue weighted by molar-refractivity contribution is -0.140. The second-order valence-corrected chi connectivity index (χ2v) is 5.43. The van der Waals surface area contributed by atoms with Gasteiger partial charge >= 0.3 is 12.0 Å². The van der Waals surface area contributed by atoms with E-state index in [1.165, 1.54) is 6.42 Å². The van der Waals surface area contributed by atoms with E-state index in [1.807, 2.05) is 6.26 Å². The summed E-state index contributed by atoms with van der Waals surface area (Å²) in [6.07, 6.45) is 6.23. The number of hydrogen-bond donors (Lipinski definition) is 4. The van der Waals surface area contributed by atoms with Crippen LogP contribution in [0.25, 0.3) is 0 Å². The molecule has 1 fully saturated rings. The summed E-state index contributed by atoms with van der Waals surface area (Å²) in [6, 6.07) is -1.70. The van der Waals surface area contributed by atoms with E-state index in [-0.39, 0.29) is 6.04 Å². The Balaban J connectivity index is 2.45. The number of carboxylic acid groups (broad SMARTS) is 1. The molecule has 2 amide bonds. The molecule has 3 atom stereocenters. The molecule has 4 N–H and O–H groups in total. The average molecular weight is 276 g/mol. The number of urea groups is 1. The minimum atomic E-state index is -1.25. The van der Waals surface area contributed by atoms with Crippen molar-refractivity contribution in [1.29, 1.82) is 0 Å². The Hall–Kier alpha value is -0.950. The molecule has 0 heterocycles. The number of aliphatic hydroxyl groups is 1. The van der Waals surface area contributed by atoms with Crippen molar-refractivity contribution in [2.45, 2.75) is 43.0 Å². The summed E-state index contributed by atoms with van der Waals surface area (Å²) in [6.45, 7) is -0.612. The van der Waals surface area contributed by atoms with Gasteiger partial charge in [0.1, 0.15) is 0 Å². The molecule has 18 heavy (non-hydrogen) atoms. The first kappa shape index (κ1) is 15.1. The summed E-state index contributed by atoms with van der Waals surface area (Å²) in [5.41, 5.74) is 0. The van der Waals surface area contributed by atoms with Gasteiger partial charge in [0, 0.05) is 11.3 Å². The molecule has 104 valence electrons. The maximum atomic E-state index is 11.6. The smallest absolute Gasteiger partial charge is 0.328 e. The zero-order valence-electron chi connectivity index (χ0n) is 10.4.